The van der Waals surface area contributed by atoms with Crippen molar-refractivity contribution in [2.45, 2.75) is 31.8 Å². The van der Waals surface area contributed by atoms with E-state index in [4.69, 9.17) is 4.84 Å². The Labute approximate surface area is 161 Å². The van der Waals surface area contributed by atoms with Gasteiger partial charge in [0, 0.05) is 13.0 Å². The van der Waals surface area contributed by atoms with Gasteiger partial charge in [-0.2, -0.15) is 0 Å². The first kappa shape index (κ1) is 18.9. The molecule has 1 heterocycles. The number of benzene rings is 2. The van der Waals surface area contributed by atoms with Crippen molar-refractivity contribution < 1.29 is 9.63 Å². The summed E-state index contributed by atoms with van der Waals surface area (Å²) in [6.07, 6.45) is 3.10. The smallest absolute Gasteiger partial charge is 0.230 e. The van der Waals surface area contributed by atoms with Gasteiger partial charge in [-0.25, -0.2) is 0 Å². The summed E-state index contributed by atoms with van der Waals surface area (Å²) in [4.78, 5) is 20.7. The van der Waals surface area contributed by atoms with Crippen molar-refractivity contribution in [1.82, 2.24) is 4.90 Å². The van der Waals surface area contributed by atoms with E-state index in [1.807, 2.05) is 72.5 Å². The SMILES string of the molecule is C=CCN(CC1CC(c2ccccc2)=NO1)C(=O)C(CC)c1ccccc1. The van der Waals surface area contributed by atoms with E-state index in [1.165, 1.54) is 0 Å². The predicted octanol–water partition coefficient (Wildman–Crippen LogP) is 4.39. The van der Waals surface area contributed by atoms with Gasteiger partial charge >= 0.3 is 0 Å². The quantitative estimate of drug-likeness (QED) is 0.654. The lowest BCUT2D eigenvalue weighted by Crippen LogP contribution is -2.40. The van der Waals surface area contributed by atoms with Gasteiger partial charge < -0.3 is 9.74 Å². The lowest BCUT2D eigenvalue weighted by molar-refractivity contribution is -0.134. The van der Waals surface area contributed by atoms with E-state index in [0.29, 0.717) is 19.5 Å². The summed E-state index contributed by atoms with van der Waals surface area (Å²) < 4.78 is 0. The zero-order valence-corrected chi connectivity index (χ0v) is 15.8. The lowest BCUT2D eigenvalue weighted by Gasteiger charge is -2.27. The molecule has 0 fully saturated rings. The molecule has 2 aromatic rings. The zero-order chi connectivity index (χ0) is 19.1. The summed E-state index contributed by atoms with van der Waals surface area (Å²) in [5.41, 5.74) is 3.05. The standard InChI is InChI=1S/C23H26N2O2/c1-3-15-25(23(26)21(4-2)18-11-7-5-8-12-18)17-20-16-22(24-27-20)19-13-9-6-10-14-19/h3,5-14,20-21H,1,4,15-17H2,2H3. The Balaban J connectivity index is 1.67. The van der Waals surface area contributed by atoms with E-state index < -0.39 is 0 Å². The second-order valence-electron chi connectivity index (χ2n) is 6.74. The molecule has 0 radical (unpaired) electrons. The maximum Gasteiger partial charge on any atom is 0.230 e. The highest BCUT2D eigenvalue weighted by atomic mass is 16.6. The van der Waals surface area contributed by atoms with Crippen LogP contribution in [0.25, 0.3) is 0 Å². The van der Waals surface area contributed by atoms with Crippen LogP contribution in [0.1, 0.15) is 36.8 Å². The summed E-state index contributed by atoms with van der Waals surface area (Å²) in [6, 6.07) is 20.0. The molecule has 0 saturated heterocycles. The maximum atomic E-state index is 13.2. The molecule has 4 heteroatoms. The van der Waals surface area contributed by atoms with E-state index >= 15 is 0 Å². The molecule has 4 nitrogen and oxygen atoms in total. The maximum absolute atomic E-state index is 13.2. The minimum Gasteiger partial charge on any atom is -0.390 e. The Hall–Kier alpha value is -2.88. The number of carbonyl (C=O) groups excluding carboxylic acids is 1. The van der Waals surface area contributed by atoms with Crippen LogP contribution in [-0.2, 0) is 9.63 Å². The van der Waals surface area contributed by atoms with Gasteiger partial charge in [-0.15, -0.1) is 6.58 Å². The Morgan fingerprint density at radius 2 is 1.89 bits per heavy atom. The Kier molecular flexibility index (Phi) is 6.42. The first-order valence-corrected chi connectivity index (χ1v) is 9.45. The molecule has 0 spiro atoms. The highest BCUT2D eigenvalue weighted by Gasteiger charge is 2.29. The number of carbonyl (C=O) groups is 1. The van der Waals surface area contributed by atoms with E-state index in [2.05, 4.69) is 11.7 Å². The van der Waals surface area contributed by atoms with Crippen LogP contribution in [0, 0.1) is 0 Å². The molecule has 1 aliphatic rings. The predicted molar refractivity (Wildman–Crippen MR) is 109 cm³/mol. The molecule has 3 rings (SSSR count). The number of rotatable bonds is 8. The zero-order valence-electron chi connectivity index (χ0n) is 15.8. The van der Waals surface area contributed by atoms with Crippen LogP contribution in [0.5, 0.6) is 0 Å². The number of hydrogen-bond donors (Lipinski definition) is 0. The summed E-state index contributed by atoms with van der Waals surface area (Å²) in [5, 5.41) is 4.24. The van der Waals surface area contributed by atoms with Gasteiger partial charge in [-0.1, -0.05) is 78.8 Å². The van der Waals surface area contributed by atoms with Crippen molar-refractivity contribution in [3.05, 3.63) is 84.4 Å². The highest BCUT2D eigenvalue weighted by Crippen LogP contribution is 2.24. The molecule has 2 aromatic carbocycles. The minimum absolute atomic E-state index is 0.111. The van der Waals surface area contributed by atoms with Crippen LogP contribution in [-0.4, -0.2) is 35.7 Å². The van der Waals surface area contributed by atoms with E-state index in [1.54, 1.807) is 6.08 Å². The molecule has 1 aliphatic heterocycles. The average Bonchev–Trinajstić information content (AvgIpc) is 3.18. The van der Waals surface area contributed by atoms with E-state index in [0.717, 1.165) is 23.3 Å². The highest BCUT2D eigenvalue weighted by molar-refractivity contribution is 6.01. The first-order valence-electron chi connectivity index (χ1n) is 9.45. The summed E-state index contributed by atoms with van der Waals surface area (Å²) >= 11 is 0. The van der Waals surface area contributed by atoms with Gasteiger partial charge in [0.25, 0.3) is 0 Å². The van der Waals surface area contributed by atoms with Gasteiger partial charge in [-0.05, 0) is 17.5 Å². The van der Waals surface area contributed by atoms with Gasteiger partial charge in [0.1, 0.15) is 0 Å². The Bertz CT molecular complexity index is 787. The lowest BCUT2D eigenvalue weighted by atomic mass is 9.94. The molecule has 0 bridgehead atoms. The largest absolute Gasteiger partial charge is 0.390 e. The van der Waals surface area contributed by atoms with Crippen molar-refractivity contribution in [3.63, 3.8) is 0 Å². The first-order chi connectivity index (χ1) is 13.2. The van der Waals surface area contributed by atoms with Gasteiger partial charge in [0.05, 0.1) is 18.2 Å². The van der Waals surface area contributed by atoms with Crippen LogP contribution in [0.3, 0.4) is 0 Å². The van der Waals surface area contributed by atoms with Gasteiger partial charge in [0.2, 0.25) is 5.91 Å². The molecule has 0 aromatic heterocycles. The number of oxime groups is 1. The van der Waals surface area contributed by atoms with Crippen LogP contribution in [0.15, 0.2) is 78.5 Å². The molecule has 0 saturated carbocycles. The molecular formula is C23H26N2O2. The van der Waals surface area contributed by atoms with Gasteiger partial charge in [0.15, 0.2) is 6.10 Å². The third-order valence-electron chi connectivity index (χ3n) is 4.83. The van der Waals surface area contributed by atoms with E-state index in [9.17, 15) is 4.79 Å². The van der Waals surface area contributed by atoms with Gasteiger partial charge in [-0.3, -0.25) is 4.79 Å². The van der Waals surface area contributed by atoms with Crippen molar-refractivity contribution in [1.29, 1.82) is 0 Å². The molecular weight excluding hydrogens is 336 g/mol. The van der Waals surface area contributed by atoms with Crippen molar-refractivity contribution in [2.24, 2.45) is 5.16 Å². The molecule has 2 unspecified atom stereocenters. The summed E-state index contributed by atoms with van der Waals surface area (Å²) in [6.45, 7) is 6.87. The molecule has 140 valence electrons. The number of hydrogen-bond acceptors (Lipinski definition) is 3. The number of amides is 1. The third-order valence-corrected chi connectivity index (χ3v) is 4.83. The monoisotopic (exact) mass is 362 g/mol. The molecule has 0 N–H and O–H groups in total. The van der Waals surface area contributed by atoms with Crippen LogP contribution in [0.4, 0.5) is 0 Å². The average molecular weight is 362 g/mol. The fourth-order valence-electron chi connectivity index (χ4n) is 3.44. The third kappa shape index (κ3) is 4.64. The molecule has 1 amide bonds. The van der Waals surface area contributed by atoms with Crippen molar-refractivity contribution in [3.8, 4) is 0 Å². The van der Waals surface area contributed by atoms with Crippen molar-refractivity contribution >= 4 is 11.6 Å². The normalized spacial score (nSPS) is 16.9. The molecule has 27 heavy (non-hydrogen) atoms. The van der Waals surface area contributed by atoms with Crippen LogP contribution >= 0.6 is 0 Å². The van der Waals surface area contributed by atoms with Crippen molar-refractivity contribution in [2.75, 3.05) is 13.1 Å². The summed E-state index contributed by atoms with van der Waals surface area (Å²) in [5.74, 6) is -0.0394. The fraction of sp³-hybridized carbons (Fsp3) is 0.304. The Morgan fingerprint density at radius 3 is 2.52 bits per heavy atom. The van der Waals surface area contributed by atoms with Crippen LogP contribution < -0.4 is 0 Å². The second kappa shape index (κ2) is 9.17. The Morgan fingerprint density at radius 1 is 1.22 bits per heavy atom. The molecule has 0 aliphatic carbocycles. The fourth-order valence-corrected chi connectivity index (χ4v) is 3.44. The van der Waals surface area contributed by atoms with Crippen LogP contribution in [0.2, 0.25) is 0 Å². The second-order valence-corrected chi connectivity index (χ2v) is 6.74. The number of nitrogens with zero attached hydrogens (tertiary/aromatic N) is 2. The molecule has 2 atom stereocenters. The summed E-state index contributed by atoms with van der Waals surface area (Å²) in [7, 11) is 0. The topological polar surface area (TPSA) is 41.9 Å². The van der Waals surface area contributed by atoms with E-state index in [-0.39, 0.29) is 17.9 Å². The minimum atomic E-state index is -0.151.